The standard InChI is InChI=1S/C47H52N6O7/c1-32-24-40(58-29-36-18-10-5-11-19-36)25-33(2)41(32)27-42(48)44(55)50-34(3)43(54)49-28-39(26-35-16-8-4-9-17-35)51-45(52-46(56)59-30-37-20-12-6-13-21-37)53-47(57)60-31-38-22-14-7-15-23-38/h4-25,34,39,42H,26-31,48H2,1-3H3,(H,49,54)(H,50,55)(H2,51,52,53,56,57)/t34-,39+,42+/m1/s1. The van der Waals surface area contributed by atoms with Gasteiger partial charge in [-0.15, -0.1) is 0 Å². The van der Waals surface area contributed by atoms with Gasteiger partial charge in [0, 0.05) is 6.54 Å². The number of ether oxygens (including phenoxy) is 3. The van der Waals surface area contributed by atoms with Crippen LogP contribution in [0, 0.1) is 13.8 Å². The van der Waals surface area contributed by atoms with Crippen LogP contribution in [0.2, 0.25) is 0 Å². The first-order valence-corrected chi connectivity index (χ1v) is 19.7. The molecule has 60 heavy (non-hydrogen) atoms. The molecule has 5 aromatic carbocycles. The molecule has 6 N–H and O–H groups in total. The zero-order valence-electron chi connectivity index (χ0n) is 34.1. The van der Waals surface area contributed by atoms with Crippen LogP contribution in [0.1, 0.15) is 45.9 Å². The fraction of sp³-hybridized carbons (Fsp3) is 0.255. The van der Waals surface area contributed by atoms with Crippen molar-refractivity contribution in [3.8, 4) is 5.75 Å². The average molecular weight is 813 g/mol. The number of alkyl carbamates (subject to hydrolysis) is 2. The maximum absolute atomic E-state index is 13.4. The molecule has 0 heterocycles. The Morgan fingerprint density at radius 3 is 1.55 bits per heavy atom. The van der Waals surface area contributed by atoms with Crippen molar-refractivity contribution >= 4 is 30.0 Å². The van der Waals surface area contributed by atoms with Crippen molar-refractivity contribution in [2.24, 2.45) is 10.7 Å². The van der Waals surface area contributed by atoms with Crippen molar-refractivity contribution in [2.75, 3.05) is 6.54 Å². The maximum Gasteiger partial charge on any atom is 0.414 e. The Kier molecular flexibility index (Phi) is 16.8. The van der Waals surface area contributed by atoms with Gasteiger partial charge in [-0.05, 0) is 84.7 Å². The number of nitrogens with two attached hydrogens (primary N) is 1. The predicted octanol–water partition coefficient (Wildman–Crippen LogP) is 6.19. The SMILES string of the molecule is Cc1cc(OCc2ccccc2)cc(C)c1C[C@H](N)C(=O)N[C@H](C)C(=O)NC[C@H](Cc1ccccc1)N=C(NC(=O)OCc1ccccc1)NC(=O)OCc1ccccc1. The van der Waals surface area contributed by atoms with E-state index in [1.807, 2.05) is 147 Å². The van der Waals surface area contributed by atoms with Crippen LogP contribution in [-0.4, -0.2) is 54.6 Å². The number of rotatable bonds is 17. The summed E-state index contributed by atoms with van der Waals surface area (Å²) >= 11 is 0. The van der Waals surface area contributed by atoms with E-state index in [0.29, 0.717) is 13.0 Å². The van der Waals surface area contributed by atoms with Gasteiger partial charge in [0.1, 0.15) is 31.6 Å². The van der Waals surface area contributed by atoms with Crippen LogP contribution in [0.5, 0.6) is 5.75 Å². The van der Waals surface area contributed by atoms with Crippen molar-refractivity contribution in [2.45, 2.75) is 71.6 Å². The van der Waals surface area contributed by atoms with Gasteiger partial charge in [-0.2, -0.15) is 0 Å². The predicted molar refractivity (Wildman–Crippen MR) is 230 cm³/mol. The van der Waals surface area contributed by atoms with E-state index < -0.39 is 42.1 Å². The molecule has 0 saturated heterocycles. The molecule has 312 valence electrons. The van der Waals surface area contributed by atoms with Crippen LogP contribution in [0.25, 0.3) is 0 Å². The monoisotopic (exact) mass is 812 g/mol. The van der Waals surface area contributed by atoms with Crippen molar-refractivity contribution < 1.29 is 33.4 Å². The number of amides is 4. The molecule has 0 spiro atoms. The van der Waals surface area contributed by atoms with Crippen molar-refractivity contribution in [1.29, 1.82) is 0 Å². The quantitative estimate of drug-likeness (QED) is 0.0544. The molecule has 0 unspecified atom stereocenters. The second-order valence-electron chi connectivity index (χ2n) is 14.3. The van der Waals surface area contributed by atoms with E-state index >= 15 is 0 Å². The number of guanidine groups is 1. The average Bonchev–Trinajstić information content (AvgIpc) is 3.25. The van der Waals surface area contributed by atoms with E-state index in [2.05, 4.69) is 26.3 Å². The Morgan fingerprint density at radius 1 is 0.617 bits per heavy atom. The van der Waals surface area contributed by atoms with Gasteiger partial charge >= 0.3 is 12.2 Å². The van der Waals surface area contributed by atoms with E-state index in [0.717, 1.165) is 44.7 Å². The smallest absolute Gasteiger partial charge is 0.414 e. The molecule has 5 rings (SSSR count). The summed E-state index contributed by atoms with van der Waals surface area (Å²) < 4.78 is 16.8. The lowest BCUT2D eigenvalue weighted by Crippen LogP contribution is -2.52. The van der Waals surface area contributed by atoms with Gasteiger partial charge in [0.15, 0.2) is 0 Å². The maximum atomic E-state index is 13.4. The van der Waals surface area contributed by atoms with E-state index in [1.165, 1.54) is 0 Å². The van der Waals surface area contributed by atoms with Gasteiger partial charge in [0.05, 0.1) is 12.1 Å². The lowest BCUT2D eigenvalue weighted by molar-refractivity contribution is -0.129. The topological polar surface area (TPSA) is 182 Å². The van der Waals surface area contributed by atoms with Gasteiger partial charge in [-0.3, -0.25) is 20.2 Å². The summed E-state index contributed by atoms with van der Waals surface area (Å²) in [4.78, 5) is 57.2. The van der Waals surface area contributed by atoms with Crippen LogP contribution in [0.4, 0.5) is 9.59 Å². The number of nitrogens with zero attached hydrogens (tertiary/aromatic N) is 1. The van der Waals surface area contributed by atoms with Gasteiger partial charge in [-0.25, -0.2) is 14.6 Å². The first kappa shape index (κ1) is 44.1. The van der Waals surface area contributed by atoms with Crippen LogP contribution >= 0.6 is 0 Å². The number of aryl methyl sites for hydroxylation is 2. The molecule has 13 nitrogen and oxygen atoms in total. The molecule has 0 radical (unpaired) electrons. The number of carbonyl (C=O) groups is 4. The van der Waals surface area contributed by atoms with Crippen LogP contribution < -0.4 is 31.7 Å². The Bertz CT molecular complexity index is 2110. The lowest BCUT2D eigenvalue weighted by Gasteiger charge is -2.21. The molecule has 0 bridgehead atoms. The molecule has 0 aliphatic carbocycles. The fourth-order valence-electron chi connectivity index (χ4n) is 6.21. The molecule has 4 amide bonds. The van der Waals surface area contributed by atoms with Gasteiger partial charge in [0.2, 0.25) is 17.8 Å². The van der Waals surface area contributed by atoms with Gasteiger partial charge < -0.3 is 30.6 Å². The molecule has 0 aliphatic heterocycles. The number of carbonyl (C=O) groups excluding carboxylic acids is 4. The molecular weight excluding hydrogens is 761 g/mol. The Balaban J connectivity index is 1.22. The molecule has 0 fully saturated rings. The largest absolute Gasteiger partial charge is 0.489 e. The van der Waals surface area contributed by atoms with Crippen LogP contribution in [0.3, 0.4) is 0 Å². The summed E-state index contributed by atoms with van der Waals surface area (Å²) in [6, 6.07) is 38.8. The second-order valence-corrected chi connectivity index (χ2v) is 14.3. The van der Waals surface area contributed by atoms with Gasteiger partial charge in [0.25, 0.3) is 0 Å². The fourth-order valence-corrected chi connectivity index (χ4v) is 6.21. The summed E-state index contributed by atoms with van der Waals surface area (Å²) in [6.45, 7) is 5.82. The molecule has 5 aromatic rings. The Labute approximate surface area is 350 Å². The number of aliphatic imine (C=N–C) groups is 1. The number of benzene rings is 5. The molecule has 0 aliphatic rings. The van der Waals surface area contributed by atoms with E-state index in [4.69, 9.17) is 19.9 Å². The molecule has 13 heteroatoms. The number of hydrogen-bond acceptors (Lipinski definition) is 9. The summed E-state index contributed by atoms with van der Waals surface area (Å²) in [6.07, 6.45) is -1.16. The minimum absolute atomic E-state index is 0.0230. The second kappa shape index (κ2) is 22.8. The number of nitrogens with one attached hydrogen (secondary N) is 4. The third-order valence-corrected chi connectivity index (χ3v) is 9.43. The third kappa shape index (κ3) is 14.7. The minimum atomic E-state index is -0.947. The van der Waals surface area contributed by atoms with Crippen molar-refractivity contribution in [1.82, 2.24) is 21.3 Å². The van der Waals surface area contributed by atoms with E-state index in [9.17, 15) is 19.2 Å². The first-order valence-electron chi connectivity index (χ1n) is 19.7. The zero-order valence-corrected chi connectivity index (χ0v) is 34.1. The highest BCUT2D eigenvalue weighted by molar-refractivity contribution is 6.01. The zero-order chi connectivity index (χ0) is 42.7. The molecule has 3 atom stereocenters. The summed E-state index contributed by atoms with van der Waals surface area (Å²) in [5.74, 6) is -0.489. The van der Waals surface area contributed by atoms with Crippen molar-refractivity contribution in [3.05, 3.63) is 172 Å². The third-order valence-electron chi connectivity index (χ3n) is 9.43. The normalized spacial score (nSPS) is 12.1. The highest BCUT2D eigenvalue weighted by atomic mass is 16.6. The highest BCUT2D eigenvalue weighted by Gasteiger charge is 2.23. The molecule has 0 aromatic heterocycles. The van der Waals surface area contributed by atoms with E-state index in [-0.39, 0.29) is 32.1 Å². The first-order chi connectivity index (χ1) is 29.0. The molecule has 0 saturated carbocycles. The van der Waals surface area contributed by atoms with Gasteiger partial charge in [-0.1, -0.05) is 121 Å². The minimum Gasteiger partial charge on any atom is -0.489 e. The number of hydrogen-bond donors (Lipinski definition) is 5. The van der Waals surface area contributed by atoms with Crippen LogP contribution in [0.15, 0.2) is 138 Å². The Hall–Kier alpha value is -6.99. The van der Waals surface area contributed by atoms with E-state index in [1.54, 1.807) is 6.92 Å². The summed E-state index contributed by atoms with van der Waals surface area (Å²) in [5, 5.41) is 10.6. The summed E-state index contributed by atoms with van der Waals surface area (Å²) in [7, 11) is 0. The van der Waals surface area contributed by atoms with Crippen molar-refractivity contribution in [3.63, 3.8) is 0 Å². The lowest BCUT2D eigenvalue weighted by atomic mass is 9.96. The van der Waals surface area contributed by atoms with Crippen LogP contribution in [-0.2, 0) is 51.7 Å². The molecular formula is C47H52N6O7. The highest BCUT2D eigenvalue weighted by Crippen LogP contribution is 2.24. The Morgan fingerprint density at radius 2 is 1.07 bits per heavy atom. The summed E-state index contributed by atoms with van der Waals surface area (Å²) in [5.41, 5.74) is 12.6.